The minimum Gasteiger partial charge on any atom is -0.353 e. The summed E-state index contributed by atoms with van der Waals surface area (Å²) in [5.41, 5.74) is 1.28. The maximum atomic E-state index is 12.9. The van der Waals surface area contributed by atoms with Crippen LogP contribution in [-0.2, 0) is 11.0 Å². The normalized spacial score (nSPS) is 20.8. The third-order valence-corrected chi connectivity index (χ3v) is 5.60. The molecule has 148 valence electrons. The van der Waals surface area contributed by atoms with Crippen molar-refractivity contribution in [3.05, 3.63) is 69.1 Å². The average molecular weight is 390 g/mol. The molecule has 1 aromatic heterocycles. The zero-order chi connectivity index (χ0) is 19.9. The summed E-state index contributed by atoms with van der Waals surface area (Å²) >= 11 is 0. The lowest BCUT2D eigenvalue weighted by atomic mass is 9.87. The molecule has 1 saturated heterocycles. The van der Waals surface area contributed by atoms with Crippen LogP contribution < -0.4 is 10.9 Å². The topological polar surface area (TPSA) is 62.0 Å². The number of benzene rings is 1. The number of carbonyl (C=O) groups excluding carboxylic acids is 1. The highest BCUT2D eigenvalue weighted by Crippen LogP contribution is 2.39. The number of rotatable bonds is 5. The molecule has 2 atom stereocenters. The molecule has 2 aliphatic rings. The fourth-order valence-electron chi connectivity index (χ4n) is 3.90. The van der Waals surface area contributed by atoms with Crippen molar-refractivity contribution in [1.29, 1.82) is 0 Å². The van der Waals surface area contributed by atoms with E-state index in [2.05, 4.69) is 10.3 Å². The molecule has 0 spiro atoms. The van der Waals surface area contributed by atoms with Crippen molar-refractivity contribution in [3.63, 3.8) is 0 Å². The summed E-state index contributed by atoms with van der Waals surface area (Å²) in [5.74, 6) is -0.00294. The molecule has 0 radical (unpaired) electrons. The van der Waals surface area contributed by atoms with Gasteiger partial charge in [-0.25, -0.2) is 0 Å². The molecule has 1 unspecified atom stereocenters. The first-order valence-corrected chi connectivity index (χ1v) is 9.51. The molecule has 2 N–H and O–H groups in total. The highest BCUT2D eigenvalue weighted by Gasteiger charge is 2.32. The Morgan fingerprint density at radius 3 is 2.25 bits per heavy atom. The molecular formula is C21H21F3N2O2. The zero-order valence-electron chi connectivity index (χ0n) is 15.2. The minimum absolute atomic E-state index is 0.0197. The maximum Gasteiger partial charge on any atom is 0.416 e. The molecule has 7 heteroatoms. The van der Waals surface area contributed by atoms with Crippen molar-refractivity contribution >= 4 is 5.91 Å². The van der Waals surface area contributed by atoms with Crippen LogP contribution >= 0.6 is 0 Å². The Hall–Kier alpha value is -2.57. The Labute approximate surface area is 160 Å². The number of carbonyl (C=O) groups is 1. The Morgan fingerprint density at radius 2 is 1.71 bits per heavy atom. The third kappa shape index (κ3) is 3.98. The second kappa shape index (κ2) is 7.11. The lowest BCUT2D eigenvalue weighted by molar-refractivity contribution is -0.137. The smallest absolute Gasteiger partial charge is 0.353 e. The minimum atomic E-state index is -4.40. The highest BCUT2D eigenvalue weighted by molar-refractivity contribution is 5.78. The van der Waals surface area contributed by atoms with Crippen LogP contribution in [0.2, 0.25) is 0 Å². The van der Waals surface area contributed by atoms with Crippen molar-refractivity contribution in [2.45, 2.75) is 56.2 Å². The Kier molecular flexibility index (Phi) is 4.77. The van der Waals surface area contributed by atoms with Gasteiger partial charge >= 0.3 is 6.18 Å². The van der Waals surface area contributed by atoms with E-state index in [1.165, 1.54) is 12.1 Å². The highest BCUT2D eigenvalue weighted by atomic mass is 19.4. The predicted octanol–water partition coefficient (Wildman–Crippen LogP) is 4.07. The Balaban J connectivity index is 1.66. The van der Waals surface area contributed by atoms with Crippen LogP contribution in [0, 0.1) is 0 Å². The van der Waals surface area contributed by atoms with Gasteiger partial charge in [0.25, 0.3) is 5.56 Å². The Bertz CT molecular complexity index is 930. The third-order valence-electron chi connectivity index (χ3n) is 5.60. The summed E-state index contributed by atoms with van der Waals surface area (Å²) in [4.78, 5) is 26.9. The molecule has 2 aromatic rings. The van der Waals surface area contributed by atoms with Gasteiger partial charge in [-0.15, -0.1) is 0 Å². The van der Waals surface area contributed by atoms with Crippen molar-refractivity contribution < 1.29 is 18.0 Å². The number of H-pyrrole nitrogens is 1. The fourth-order valence-corrected chi connectivity index (χ4v) is 3.90. The van der Waals surface area contributed by atoms with Gasteiger partial charge < -0.3 is 10.3 Å². The number of nitrogens with one attached hydrogen (secondary N) is 2. The second-order valence-corrected chi connectivity index (χ2v) is 7.68. The van der Waals surface area contributed by atoms with Crippen molar-refractivity contribution in [3.8, 4) is 0 Å². The molecule has 4 nitrogen and oxygen atoms in total. The first kappa shape index (κ1) is 18.8. The Morgan fingerprint density at radius 1 is 1.00 bits per heavy atom. The van der Waals surface area contributed by atoms with E-state index in [4.69, 9.17) is 0 Å². The van der Waals surface area contributed by atoms with E-state index < -0.39 is 11.7 Å². The van der Waals surface area contributed by atoms with Gasteiger partial charge in [0.15, 0.2) is 0 Å². The van der Waals surface area contributed by atoms with Crippen molar-refractivity contribution in [2.75, 3.05) is 0 Å². The molecule has 0 bridgehead atoms. The summed E-state index contributed by atoms with van der Waals surface area (Å²) < 4.78 is 38.7. The van der Waals surface area contributed by atoms with Crippen LogP contribution in [0.15, 0.2) is 41.2 Å². The number of hydrogen-bond acceptors (Lipinski definition) is 2. The molecule has 1 saturated carbocycles. The van der Waals surface area contributed by atoms with Crippen LogP contribution in [0.25, 0.3) is 0 Å². The van der Waals surface area contributed by atoms with Crippen LogP contribution in [0.3, 0.4) is 0 Å². The maximum absolute atomic E-state index is 12.9. The SMILES string of the molecule is O=C1CC[C@H](CC(c2ccc(C(F)(F)F)cc2)c2ccc(C3CC3)c(=O)[nH]2)N1. The van der Waals surface area contributed by atoms with E-state index in [1.54, 1.807) is 0 Å². The standard InChI is InChI=1S/C21H21F3N2O2/c22-21(23,24)14-5-3-13(4-6-14)17(11-15-7-10-19(27)25-15)18-9-8-16(12-1-2-12)20(28)26-18/h3-6,8-9,12,15,17H,1-2,7,10-11H2,(H,25,27)(H,26,28)/t15-,17?/m1/s1. The van der Waals surface area contributed by atoms with Crippen LogP contribution in [0.5, 0.6) is 0 Å². The quantitative estimate of drug-likeness (QED) is 0.808. The van der Waals surface area contributed by atoms with Gasteiger partial charge in [-0.1, -0.05) is 18.2 Å². The van der Waals surface area contributed by atoms with E-state index >= 15 is 0 Å². The van der Waals surface area contributed by atoms with Crippen LogP contribution in [0.4, 0.5) is 13.2 Å². The van der Waals surface area contributed by atoms with E-state index in [9.17, 15) is 22.8 Å². The van der Waals surface area contributed by atoms with Crippen molar-refractivity contribution in [2.24, 2.45) is 0 Å². The first-order chi connectivity index (χ1) is 13.3. The number of pyridine rings is 1. The number of alkyl halides is 3. The van der Waals surface area contributed by atoms with Gasteiger partial charge in [0.1, 0.15) is 0 Å². The monoisotopic (exact) mass is 390 g/mol. The summed E-state index contributed by atoms with van der Waals surface area (Å²) in [7, 11) is 0. The van der Waals surface area contributed by atoms with E-state index in [-0.39, 0.29) is 23.4 Å². The molecule has 4 rings (SSSR count). The van der Waals surface area contributed by atoms with Gasteiger partial charge in [0, 0.05) is 29.6 Å². The zero-order valence-corrected chi connectivity index (χ0v) is 15.2. The number of halogens is 3. The molecule has 1 aliphatic heterocycles. The van der Waals surface area contributed by atoms with Gasteiger partial charge in [-0.3, -0.25) is 9.59 Å². The van der Waals surface area contributed by atoms with Crippen LogP contribution in [-0.4, -0.2) is 16.9 Å². The van der Waals surface area contributed by atoms with Gasteiger partial charge in [0.05, 0.1) is 5.56 Å². The first-order valence-electron chi connectivity index (χ1n) is 9.51. The average Bonchev–Trinajstić information content (AvgIpc) is 3.40. The molecule has 1 aromatic carbocycles. The lowest BCUT2D eigenvalue weighted by Gasteiger charge is -2.22. The molecular weight excluding hydrogens is 369 g/mol. The molecule has 1 aliphatic carbocycles. The molecule has 2 fully saturated rings. The largest absolute Gasteiger partial charge is 0.416 e. The number of hydrogen-bond donors (Lipinski definition) is 2. The summed E-state index contributed by atoms with van der Waals surface area (Å²) in [6.07, 6.45) is -0.719. The van der Waals surface area contributed by atoms with Crippen LogP contribution in [0.1, 0.15) is 66.3 Å². The van der Waals surface area contributed by atoms with Gasteiger partial charge in [0.2, 0.25) is 5.91 Å². The van der Waals surface area contributed by atoms with E-state index in [0.717, 1.165) is 30.5 Å². The number of amides is 1. The van der Waals surface area contributed by atoms with Crippen molar-refractivity contribution in [1.82, 2.24) is 10.3 Å². The van der Waals surface area contributed by atoms with Gasteiger partial charge in [-0.05, 0) is 55.4 Å². The lowest BCUT2D eigenvalue weighted by Crippen LogP contribution is -2.28. The molecule has 28 heavy (non-hydrogen) atoms. The van der Waals surface area contributed by atoms with Gasteiger partial charge in [-0.2, -0.15) is 13.2 Å². The summed E-state index contributed by atoms with van der Waals surface area (Å²) in [6.45, 7) is 0. The predicted molar refractivity (Wildman–Crippen MR) is 98.1 cm³/mol. The molecule has 2 heterocycles. The fraction of sp³-hybridized carbons (Fsp3) is 0.429. The molecule has 1 amide bonds. The number of aromatic nitrogens is 1. The summed E-state index contributed by atoms with van der Waals surface area (Å²) in [6, 6.07) is 8.66. The van der Waals surface area contributed by atoms with E-state index in [1.807, 2.05) is 12.1 Å². The summed E-state index contributed by atoms with van der Waals surface area (Å²) in [5, 5.41) is 2.90. The van der Waals surface area contributed by atoms with E-state index in [0.29, 0.717) is 36.4 Å². The number of aromatic amines is 1. The second-order valence-electron chi connectivity index (χ2n) is 7.68.